The van der Waals surface area contributed by atoms with Crippen molar-refractivity contribution in [3.63, 3.8) is 0 Å². The van der Waals surface area contributed by atoms with Crippen LogP contribution in [-0.4, -0.2) is 55.8 Å². The summed E-state index contributed by atoms with van der Waals surface area (Å²) in [4.78, 5) is 0. The van der Waals surface area contributed by atoms with Crippen LogP contribution in [0, 0.1) is 0 Å². The third-order valence-electron chi connectivity index (χ3n) is 3.79. The summed E-state index contributed by atoms with van der Waals surface area (Å²) in [5.74, 6) is 0. The number of hydrogen-bond donors (Lipinski definition) is 1. The van der Waals surface area contributed by atoms with Crippen LogP contribution >= 0.6 is 12.4 Å². The van der Waals surface area contributed by atoms with Crippen LogP contribution in [-0.2, 0) is 10.2 Å². The Balaban J connectivity index is 0.00000162. The molecule has 0 radical (unpaired) electrons. The minimum Gasteiger partial charge on any atom is -0.315 e. The summed E-state index contributed by atoms with van der Waals surface area (Å²) >= 11 is 0. The van der Waals surface area contributed by atoms with Crippen molar-refractivity contribution in [2.24, 2.45) is 0 Å². The van der Waals surface area contributed by atoms with Crippen molar-refractivity contribution in [3.05, 3.63) is 0 Å². The maximum atomic E-state index is 12.5. The highest BCUT2D eigenvalue weighted by Gasteiger charge is 2.43. The van der Waals surface area contributed by atoms with Gasteiger partial charge in [0.15, 0.2) is 0 Å². The molecule has 0 amide bonds. The van der Waals surface area contributed by atoms with Gasteiger partial charge in [0, 0.05) is 32.2 Å². The molecule has 1 N–H and O–H groups in total. The van der Waals surface area contributed by atoms with Crippen molar-refractivity contribution in [2.75, 3.05) is 26.7 Å². The molecule has 0 aromatic heterocycles. The summed E-state index contributed by atoms with van der Waals surface area (Å²) in [6, 6.07) is 0.367. The molecule has 108 valence electrons. The molecule has 2 aliphatic heterocycles. The summed E-state index contributed by atoms with van der Waals surface area (Å²) in [7, 11) is -1.57. The first-order valence-electron chi connectivity index (χ1n) is 6.53. The van der Waals surface area contributed by atoms with Gasteiger partial charge in [-0.25, -0.2) is 0 Å². The van der Waals surface area contributed by atoms with Crippen molar-refractivity contribution < 1.29 is 8.42 Å². The number of rotatable bonds is 4. The molecule has 2 rings (SSSR count). The number of fused-ring (bicyclic) bond motifs is 2. The van der Waals surface area contributed by atoms with Gasteiger partial charge < -0.3 is 5.32 Å². The molecular weight excluding hydrogens is 274 g/mol. The Morgan fingerprint density at radius 1 is 1.28 bits per heavy atom. The molecule has 2 atom stereocenters. The van der Waals surface area contributed by atoms with Gasteiger partial charge in [-0.05, 0) is 32.2 Å². The fourth-order valence-electron chi connectivity index (χ4n) is 2.91. The Morgan fingerprint density at radius 2 is 1.94 bits per heavy atom. The van der Waals surface area contributed by atoms with Gasteiger partial charge in [-0.15, -0.1) is 12.4 Å². The van der Waals surface area contributed by atoms with E-state index >= 15 is 0 Å². The molecule has 2 fully saturated rings. The Labute approximate surface area is 116 Å². The van der Waals surface area contributed by atoms with Gasteiger partial charge in [0.2, 0.25) is 0 Å². The summed E-state index contributed by atoms with van der Waals surface area (Å²) in [6.45, 7) is 4.34. The van der Waals surface area contributed by atoms with Crippen molar-refractivity contribution >= 4 is 22.6 Å². The SMILES string of the molecule is CCCN(C)S(=O)(=O)N1C2CCNCC1CC2.Cl. The number of hydrogen-bond acceptors (Lipinski definition) is 3. The van der Waals surface area contributed by atoms with Gasteiger partial charge in [-0.3, -0.25) is 0 Å². The second-order valence-electron chi connectivity index (χ2n) is 5.04. The van der Waals surface area contributed by atoms with Gasteiger partial charge in [0.05, 0.1) is 0 Å². The van der Waals surface area contributed by atoms with Gasteiger partial charge in [-0.2, -0.15) is 17.0 Å². The topological polar surface area (TPSA) is 52.7 Å². The van der Waals surface area contributed by atoms with Gasteiger partial charge >= 0.3 is 0 Å². The zero-order valence-corrected chi connectivity index (χ0v) is 12.8. The maximum absolute atomic E-state index is 12.5. The minimum absolute atomic E-state index is 0. The fraction of sp³-hybridized carbons (Fsp3) is 1.00. The van der Waals surface area contributed by atoms with E-state index in [-0.39, 0.29) is 24.5 Å². The maximum Gasteiger partial charge on any atom is 0.282 e. The van der Waals surface area contributed by atoms with Crippen molar-refractivity contribution in [3.8, 4) is 0 Å². The van der Waals surface area contributed by atoms with E-state index < -0.39 is 10.2 Å². The van der Waals surface area contributed by atoms with E-state index in [9.17, 15) is 8.42 Å². The molecule has 0 aromatic rings. The van der Waals surface area contributed by atoms with Crippen LogP contribution in [0.3, 0.4) is 0 Å². The zero-order chi connectivity index (χ0) is 12.5. The predicted molar refractivity (Wildman–Crippen MR) is 75.2 cm³/mol. The Hall–Kier alpha value is 0.120. The number of nitrogens with one attached hydrogen (secondary N) is 1. The molecule has 0 aliphatic carbocycles. The Morgan fingerprint density at radius 3 is 2.61 bits per heavy atom. The van der Waals surface area contributed by atoms with E-state index in [1.54, 1.807) is 11.4 Å². The molecule has 2 unspecified atom stereocenters. The molecule has 7 heteroatoms. The van der Waals surface area contributed by atoms with E-state index in [0.717, 1.165) is 38.8 Å². The summed E-state index contributed by atoms with van der Waals surface area (Å²) < 4.78 is 28.3. The summed E-state index contributed by atoms with van der Waals surface area (Å²) in [6.07, 6.45) is 3.81. The highest BCUT2D eigenvalue weighted by molar-refractivity contribution is 7.86. The van der Waals surface area contributed by atoms with Crippen molar-refractivity contribution in [1.29, 1.82) is 0 Å². The first-order valence-corrected chi connectivity index (χ1v) is 7.92. The molecule has 2 aliphatic rings. The first-order chi connectivity index (χ1) is 8.07. The Kier molecular flexibility index (Phi) is 5.86. The van der Waals surface area contributed by atoms with E-state index in [4.69, 9.17) is 0 Å². The molecule has 5 nitrogen and oxygen atoms in total. The monoisotopic (exact) mass is 297 g/mol. The van der Waals surface area contributed by atoms with Gasteiger partial charge in [0.25, 0.3) is 10.2 Å². The second-order valence-corrected chi connectivity index (χ2v) is 6.98. The average Bonchev–Trinajstić information content (AvgIpc) is 2.53. The second kappa shape index (κ2) is 6.52. The van der Waals surface area contributed by atoms with E-state index in [2.05, 4.69) is 5.32 Å². The van der Waals surface area contributed by atoms with Crippen LogP contribution < -0.4 is 5.32 Å². The zero-order valence-electron chi connectivity index (χ0n) is 11.1. The third kappa shape index (κ3) is 2.99. The number of nitrogens with zero attached hydrogens (tertiary/aromatic N) is 2. The third-order valence-corrected chi connectivity index (χ3v) is 5.89. The molecule has 0 saturated carbocycles. The van der Waals surface area contributed by atoms with Crippen LogP contribution in [0.4, 0.5) is 0 Å². The van der Waals surface area contributed by atoms with Crippen LogP contribution in [0.15, 0.2) is 0 Å². The lowest BCUT2D eigenvalue weighted by Gasteiger charge is -2.31. The van der Waals surface area contributed by atoms with Gasteiger partial charge in [-0.1, -0.05) is 6.92 Å². The highest BCUT2D eigenvalue weighted by atomic mass is 35.5. The standard InChI is InChI=1S/C11H23N3O2S.ClH/c1-3-8-13(2)17(15,16)14-10-4-5-11(14)9-12-7-6-10;/h10-12H,3-9H2,1-2H3;1H. The Bertz CT molecular complexity index is 349. The molecular formula is C11H24ClN3O2S. The lowest BCUT2D eigenvalue weighted by molar-refractivity contribution is 0.302. The molecule has 0 spiro atoms. The van der Waals surface area contributed by atoms with Crippen LogP contribution in [0.2, 0.25) is 0 Å². The average molecular weight is 298 g/mol. The summed E-state index contributed by atoms with van der Waals surface area (Å²) in [5.41, 5.74) is 0. The van der Waals surface area contributed by atoms with E-state index in [1.807, 2.05) is 6.92 Å². The predicted octanol–water partition coefficient (Wildman–Crippen LogP) is 0.821. The lowest BCUT2D eigenvalue weighted by Crippen LogP contribution is -2.49. The normalized spacial score (nSPS) is 29.1. The molecule has 2 saturated heterocycles. The molecule has 18 heavy (non-hydrogen) atoms. The summed E-state index contributed by atoms with van der Waals surface area (Å²) in [5, 5.41) is 3.33. The van der Waals surface area contributed by atoms with Crippen molar-refractivity contribution in [1.82, 2.24) is 13.9 Å². The van der Waals surface area contributed by atoms with Crippen molar-refractivity contribution in [2.45, 2.75) is 44.7 Å². The fourth-order valence-corrected chi connectivity index (χ4v) is 4.79. The van der Waals surface area contributed by atoms with Crippen LogP contribution in [0.5, 0.6) is 0 Å². The van der Waals surface area contributed by atoms with E-state index in [1.165, 1.54) is 4.31 Å². The quantitative estimate of drug-likeness (QED) is 0.836. The smallest absolute Gasteiger partial charge is 0.282 e. The molecule has 0 aromatic carbocycles. The number of halogens is 1. The van der Waals surface area contributed by atoms with Crippen LogP contribution in [0.25, 0.3) is 0 Å². The van der Waals surface area contributed by atoms with Crippen LogP contribution in [0.1, 0.15) is 32.6 Å². The largest absolute Gasteiger partial charge is 0.315 e. The van der Waals surface area contributed by atoms with Gasteiger partial charge in [0.1, 0.15) is 0 Å². The lowest BCUT2D eigenvalue weighted by atomic mass is 10.1. The molecule has 2 bridgehead atoms. The molecule has 2 heterocycles. The minimum atomic E-state index is -3.26. The first kappa shape index (κ1) is 16.2. The highest BCUT2D eigenvalue weighted by Crippen LogP contribution is 2.31. The van der Waals surface area contributed by atoms with E-state index in [0.29, 0.717) is 6.54 Å².